The van der Waals surface area contributed by atoms with Gasteiger partial charge in [0, 0.05) is 39.6 Å². The quantitative estimate of drug-likeness (QED) is 0.347. The number of likely N-dealkylation sites (tertiary alicyclic amines) is 1. The maximum absolute atomic E-state index is 12.3. The van der Waals surface area contributed by atoms with Gasteiger partial charge in [0.15, 0.2) is 5.65 Å². The molecule has 0 amide bonds. The number of nitrogens with zero attached hydrogens (tertiary/aromatic N) is 4. The van der Waals surface area contributed by atoms with Crippen molar-refractivity contribution in [3.05, 3.63) is 40.2 Å². The number of nitrogens with one attached hydrogen (secondary N) is 1. The van der Waals surface area contributed by atoms with Crippen LogP contribution in [0, 0.1) is 13.8 Å². The summed E-state index contributed by atoms with van der Waals surface area (Å²) in [7, 11) is -1.80. The van der Waals surface area contributed by atoms with E-state index in [0.29, 0.717) is 17.9 Å². The summed E-state index contributed by atoms with van der Waals surface area (Å²) in [5.74, 6) is 6.59. The number of H-pyrrole nitrogens is 1. The highest BCUT2D eigenvalue weighted by molar-refractivity contribution is 8.00. The standard InChI is InChI=1S/C28H37N5OS2/c1-17(2)23-24-19(4)26(20-6-10-32(11-7-20)22-8-12-36(5,34)13-9-22)35-28(24)31-25(23)21-14-18(3)27-29-16-30-33(27)15-21/h14-17,20,22,31H,5-13H2,1-4H3. The van der Waals surface area contributed by atoms with Crippen LogP contribution < -0.4 is 0 Å². The van der Waals surface area contributed by atoms with Crippen LogP contribution in [0.4, 0.5) is 0 Å². The normalized spacial score (nSPS) is 24.4. The van der Waals surface area contributed by atoms with E-state index in [1.54, 1.807) is 11.2 Å². The Bertz CT molecular complexity index is 1520. The summed E-state index contributed by atoms with van der Waals surface area (Å²) in [4.78, 5) is 13.8. The minimum Gasteiger partial charge on any atom is -0.346 e. The second-order valence-electron chi connectivity index (χ2n) is 11.2. The van der Waals surface area contributed by atoms with Gasteiger partial charge in [0.2, 0.25) is 0 Å². The molecule has 8 heteroatoms. The SMILES string of the molecule is C=S1(=O)CCC(N2CCC(c3sc4[nH]c(-c5cc(C)c6ncnn6c5)c(C(C)C)c4c3C)CC2)CC1. The average Bonchev–Trinajstić information content (AvgIpc) is 3.54. The number of aromatic nitrogens is 4. The van der Waals surface area contributed by atoms with E-state index in [2.05, 4.69) is 65.8 Å². The lowest BCUT2D eigenvalue weighted by Gasteiger charge is -2.39. The molecule has 36 heavy (non-hydrogen) atoms. The predicted molar refractivity (Wildman–Crippen MR) is 153 cm³/mol. The fraction of sp³-hybridized carbons (Fsp3) is 0.536. The van der Waals surface area contributed by atoms with E-state index in [4.69, 9.17) is 0 Å². The third-order valence-electron chi connectivity index (χ3n) is 8.45. The van der Waals surface area contributed by atoms with E-state index in [1.165, 1.54) is 45.4 Å². The Morgan fingerprint density at radius 3 is 2.58 bits per heavy atom. The smallest absolute Gasteiger partial charge is 0.158 e. The Balaban J connectivity index is 1.28. The van der Waals surface area contributed by atoms with Gasteiger partial charge in [-0.1, -0.05) is 13.8 Å². The van der Waals surface area contributed by atoms with Crippen molar-refractivity contribution in [1.82, 2.24) is 24.5 Å². The first-order valence-corrected chi connectivity index (χ1v) is 16.1. The van der Waals surface area contributed by atoms with Gasteiger partial charge >= 0.3 is 0 Å². The molecule has 0 aromatic carbocycles. The number of aryl methyl sites for hydroxylation is 2. The first kappa shape index (κ1) is 24.2. The third-order valence-corrected chi connectivity index (χ3v) is 11.8. The van der Waals surface area contributed by atoms with E-state index in [9.17, 15) is 4.21 Å². The van der Waals surface area contributed by atoms with Crippen LogP contribution in [0.1, 0.15) is 72.9 Å². The minimum absolute atomic E-state index is 0.415. The molecule has 0 saturated carbocycles. The van der Waals surface area contributed by atoms with Crippen molar-refractivity contribution in [3.8, 4) is 11.3 Å². The Kier molecular flexibility index (Phi) is 6.04. The zero-order valence-corrected chi connectivity index (χ0v) is 23.5. The molecular weight excluding hydrogens is 486 g/mol. The predicted octanol–water partition coefficient (Wildman–Crippen LogP) is 5.74. The van der Waals surface area contributed by atoms with Crippen LogP contribution in [-0.2, 0) is 9.52 Å². The highest BCUT2D eigenvalue weighted by atomic mass is 32.2. The number of thiophene rings is 1. The Labute approximate surface area is 218 Å². The summed E-state index contributed by atoms with van der Waals surface area (Å²) in [5, 5.41) is 5.82. The highest BCUT2D eigenvalue weighted by Gasteiger charge is 2.31. The molecule has 2 aliphatic rings. The summed E-state index contributed by atoms with van der Waals surface area (Å²) in [6.45, 7) is 11.3. The molecule has 0 atom stereocenters. The van der Waals surface area contributed by atoms with Crippen molar-refractivity contribution in [3.63, 3.8) is 0 Å². The zero-order valence-electron chi connectivity index (χ0n) is 21.8. The van der Waals surface area contributed by atoms with Gasteiger partial charge in [-0.3, -0.25) is 4.21 Å². The van der Waals surface area contributed by atoms with Crippen molar-refractivity contribution in [2.75, 3.05) is 24.6 Å². The van der Waals surface area contributed by atoms with Gasteiger partial charge in [0.05, 0.1) is 5.69 Å². The molecule has 0 aliphatic carbocycles. The summed E-state index contributed by atoms with van der Waals surface area (Å²) >= 11 is 1.97. The molecule has 6 rings (SSSR count). The molecule has 2 saturated heterocycles. The number of hydrogen-bond acceptors (Lipinski definition) is 5. The van der Waals surface area contributed by atoms with Crippen molar-refractivity contribution in [1.29, 1.82) is 0 Å². The minimum atomic E-state index is -1.80. The molecule has 0 bridgehead atoms. The maximum atomic E-state index is 12.3. The molecule has 6 nitrogen and oxygen atoms in total. The summed E-state index contributed by atoms with van der Waals surface area (Å²) < 4.78 is 14.2. The van der Waals surface area contributed by atoms with E-state index in [0.717, 1.165) is 48.6 Å². The van der Waals surface area contributed by atoms with Crippen LogP contribution in [0.3, 0.4) is 0 Å². The molecule has 1 N–H and O–H groups in total. The molecule has 192 valence electrons. The molecule has 2 aliphatic heterocycles. The number of hydrogen-bond donors (Lipinski definition) is 1. The van der Waals surface area contributed by atoms with Gasteiger partial charge < -0.3 is 9.88 Å². The molecule has 0 radical (unpaired) electrons. The lowest BCUT2D eigenvalue weighted by Crippen LogP contribution is -2.44. The lowest BCUT2D eigenvalue weighted by atomic mass is 9.89. The number of fused-ring (bicyclic) bond motifs is 2. The topological polar surface area (TPSA) is 66.3 Å². The van der Waals surface area contributed by atoms with Crippen LogP contribution in [0.15, 0.2) is 18.6 Å². The molecule has 4 aromatic heterocycles. The Morgan fingerprint density at radius 2 is 1.89 bits per heavy atom. The van der Waals surface area contributed by atoms with Gasteiger partial charge in [-0.2, -0.15) is 5.10 Å². The van der Waals surface area contributed by atoms with Gasteiger partial charge in [0.25, 0.3) is 0 Å². The van der Waals surface area contributed by atoms with Gasteiger partial charge in [-0.25, -0.2) is 9.50 Å². The maximum Gasteiger partial charge on any atom is 0.158 e. The molecule has 0 unspecified atom stereocenters. The van der Waals surface area contributed by atoms with Crippen LogP contribution in [0.25, 0.3) is 27.1 Å². The summed E-state index contributed by atoms with van der Waals surface area (Å²) in [6, 6.07) is 2.83. The molecule has 2 fully saturated rings. The molecule has 6 heterocycles. The summed E-state index contributed by atoms with van der Waals surface area (Å²) in [5.41, 5.74) is 7.32. The number of rotatable bonds is 4. The van der Waals surface area contributed by atoms with Gasteiger partial charge in [-0.05, 0) is 103 Å². The Hall–Kier alpha value is -2.16. The van der Waals surface area contributed by atoms with E-state index in [-0.39, 0.29) is 0 Å². The van der Waals surface area contributed by atoms with Crippen LogP contribution >= 0.6 is 11.3 Å². The largest absolute Gasteiger partial charge is 0.346 e. The lowest BCUT2D eigenvalue weighted by molar-refractivity contribution is 0.144. The van der Waals surface area contributed by atoms with Crippen molar-refractivity contribution in [2.45, 2.75) is 71.3 Å². The van der Waals surface area contributed by atoms with Crippen molar-refractivity contribution in [2.24, 2.45) is 0 Å². The van der Waals surface area contributed by atoms with Gasteiger partial charge in [-0.15, -0.1) is 11.3 Å². The van der Waals surface area contributed by atoms with Crippen LogP contribution in [0.2, 0.25) is 0 Å². The van der Waals surface area contributed by atoms with E-state index >= 15 is 0 Å². The number of aromatic amines is 1. The second-order valence-corrected chi connectivity index (χ2v) is 15.0. The first-order chi connectivity index (χ1) is 17.2. The monoisotopic (exact) mass is 523 g/mol. The average molecular weight is 524 g/mol. The number of pyridine rings is 1. The fourth-order valence-electron chi connectivity index (χ4n) is 6.51. The van der Waals surface area contributed by atoms with Crippen molar-refractivity contribution < 1.29 is 4.21 Å². The molecule has 0 spiro atoms. The highest BCUT2D eigenvalue weighted by Crippen LogP contribution is 2.46. The first-order valence-electron chi connectivity index (χ1n) is 13.2. The Morgan fingerprint density at radius 1 is 1.17 bits per heavy atom. The van der Waals surface area contributed by atoms with Crippen LogP contribution in [-0.4, -0.2) is 65.2 Å². The third kappa shape index (κ3) is 4.11. The van der Waals surface area contributed by atoms with Crippen LogP contribution in [0.5, 0.6) is 0 Å². The number of piperidine rings is 1. The molecular formula is C28H37N5OS2. The van der Waals surface area contributed by atoms with Crippen molar-refractivity contribution >= 4 is 42.6 Å². The molecule has 4 aromatic rings. The van der Waals surface area contributed by atoms with Gasteiger partial charge in [0.1, 0.15) is 11.2 Å². The van der Waals surface area contributed by atoms with E-state index in [1.807, 2.05) is 15.9 Å². The fourth-order valence-corrected chi connectivity index (χ4v) is 9.52. The summed E-state index contributed by atoms with van der Waals surface area (Å²) in [6.07, 6.45) is 8.25. The second kappa shape index (κ2) is 8.99. The van der Waals surface area contributed by atoms with E-state index < -0.39 is 9.52 Å². The zero-order chi connectivity index (χ0) is 25.2.